The second kappa shape index (κ2) is 9.15. The quantitative estimate of drug-likeness (QED) is 0.571. The Bertz CT molecular complexity index is 763. The summed E-state index contributed by atoms with van der Waals surface area (Å²) >= 11 is 0. The summed E-state index contributed by atoms with van der Waals surface area (Å²) in [6.45, 7) is 4.98. The largest absolute Gasteiger partial charge is 0.299 e. The molecule has 0 bridgehead atoms. The van der Waals surface area contributed by atoms with Gasteiger partial charge in [-0.15, -0.1) is 0 Å². The highest BCUT2D eigenvalue weighted by Crippen LogP contribution is 2.47. The van der Waals surface area contributed by atoms with E-state index in [4.69, 9.17) is 0 Å². The van der Waals surface area contributed by atoms with E-state index in [1.54, 1.807) is 6.07 Å². The second-order valence-electron chi connectivity index (χ2n) is 7.65. The number of rotatable bonds is 9. The summed E-state index contributed by atoms with van der Waals surface area (Å²) in [7, 11) is 0. The Morgan fingerprint density at radius 1 is 1.11 bits per heavy atom. The van der Waals surface area contributed by atoms with E-state index in [0.29, 0.717) is 5.56 Å². The molecule has 2 nitrogen and oxygen atoms in total. The monoisotopic (exact) mass is 364 g/mol. The van der Waals surface area contributed by atoms with E-state index in [1.807, 2.05) is 18.2 Å². The minimum atomic E-state index is -0.685. The van der Waals surface area contributed by atoms with Crippen molar-refractivity contribution in [1.29, 1.82) is 5.26 Å². The molecule has 0 radical (unpaired) electrons. The molecule has 1 saturated carbocycles. The molecule has 3 rings (SSSR count). The Morgan fingerprint density at radius 3 is 2.41 bits per heavy atom. The van der Waals surface area contributed by atoms with Gasteiger partial charge < -0.3 is 0 Å². The normalized spacial score (nSPS) is 16.5. The minimum Gasteiger partial charge on any atom is -0.299 e. The minimum absolute atomic E-state index is 0.234. The highest BCUT2D eigenvalue weighted by Gasteiger charge is 2.44. The smallest absolute Gasteiger partial charge is 0.128 e. The first-order chi connectivity index (χ1) is 13.2. The Morgan fingerprint density at radius 2 is 1.81 bits per heavy atom. The molecule has 2 aromatic carbocycles. The Hall–Kier alpha value is -2.18. The molecule has 0 aromatic heterocycles. The first kappa shape index (κ1) is 19.6. The summed E-state index contributed by atoms with van der Waals surface area (Å²) in [4.78, 5) is 2.40. The highest BCUT2D eigenvalue weighted by atomic mass is 19.1. The third-order valence-corrected chi connectivity index (χ3v) is 6.10. The molecule has 0 N–H and O–H groups in total. The van der Waals surface area contributed by atoms with Crippen molar-refractivity contribution < 1.29 is 4.39 Å². The van der Waals surface area contributed by atoms with E-state index in [2.05, 4.69) is 42.2 Å². The topological polar surface area (TPSA) is 27.0 Å². The standard InChI is InChI=1S/C24H29FN2/c1-2-27(18-20-10-4-3-5-11-20)17-9-16-24(19-26,21-12-8-13-21)22-14-6-7-15-23(22)25/h3-7,10-11,14-15,21H,2,8-9,12-13,16-18H2,1H3. The van der Waals surface area contributed by atoms with E-state index in [1.165, 1.54) is 11.6 Å². The van der Waals surface area contributed by atoms with Gasteiger partial charge in [-0.3, -0.25) is 4.90 Å². The lowest BCUT2D eigenvalue weighted by Gasteiger charge is -2.41. The molecule has 27 heavy (non-hydrogen) atoms. The zero-order valence-corrected chi connectivity index (χ0v) is 16.2. The molecule has 0 spiro atoms. The zero-order valence-electron chi connectivity index (χ0n) is 16.2. The van der Waals surface area contributed by atoms with E-state index in [9.17, 15) is 9.65 Å². The molecule has 0 aliphatic heterocycles. The van der Waals surface area contributed by atoms with Gasteiger partial charge in [-0.2, -0.15) is 5.26 Å². The molecule has 3 heteroatoms. The van der Waals surface area contributed by atoms with E-state index >= 15 is 0 Å². The summed E-state index contributed by atoms with van der Waals surface area (Å²) in [6, 6.07) is 19.9. The maximum absolute atomic E-state index is 14.6. The van der Waals surface area contributed by atoms with Crippen molar-refractivity contribution in [1.82, 2.24) is 4.90 Å². The molecule has 1 atom stereocenters. The van der Waals surface area contributed by atoms with Gasteiger partial charge >= 0.3 is 0 Å². The van der Waals surface area contributed by atoms with E-state index < -0.39 is 5.41 Å². The predicted octanol–water partition coefficient (Wildman–Crippen LogP) is 5.69. The van der Waals surface area contributed by atoms with Crippen LogP contribution in [-0.2, 0) is 12.0 Å². The van der Waals surface area contributed by atoms with Crippen molar-refractivity contribution in [2.45, 2.75) is 51.0 Å². The predicted molar refractivity (Wildman–Crippen MR) is 108 cm³/mol. The maximum atomic E-state index is 14.6. The lowest BCUT2D eigenvalue weighted by atomic mass is 9.60. The number of hydrogen-bond acceptors (Lipinski definition) is 2. The average Bonchev–Trinajstić information content (AvgIpc) is 2.66. The Balaban J connectivity index is 1.70. The molecule has 1 aliphatic rings. The lowest BCUT2D eigenvalue weighted by Crippen LogP contribution is -2.39. The van der Waals surface area contributed by atoms with Crippen LogP contribution in [0.5, 0.6) is 0 Å². The first-order valence-corrected chi connectivity index (χ1v) is 10.1. The van der Waals surface area contributed by atoms with Crippen LogP contribution in [0.4, 0.5) is 4.39 Å². The van der Waals surface area contributed by atoms with Crippen molar-refractivity contribution in [3.63, 3.8) is 0 Å². The van der Waals surface area contributed by atoms with Gasteiger partial charge in [0, 0.05) is 12.1 Å². The van der Waals surface area contributed by atoms with E-state index in [0.717, 1.165) is 51.7 Å². The van der Waals surface area contributed by atoms with Gasteiger partial charge in [-0.25, -0.2) is 4.39 Å². The molecule has 0 heterocycles. The number of halogens is 1. The lowest BCUT2D eigenvalue weighted by molar-refractivity contribution is 0.180. The van der Waals surface area contributed by atoms with Crippen LogP contribution in [0.25, 0.3) is 0 Å². The molecule has 1 unspecified atom stereocenters. The number of hydrogen-bond donors (Lipinski definition) is 0. The second-order valence-corrected chi connectivity index (χ2v) is 7.65. The molecular weight excluding hydrogens is 335 g/mol. The van der Waals surface area contributed by atoms with Crippen LogP contribution < -0.4 is 0 Å². The summed E-state index contributed by atoms with van der Waals surface area (Å²) in [6.07, 6.45) is 4.84. The molecule has 1 fully saturated rings. The van der Waals surface area contributed by atoms with E-state index in [-0.39, 0.29) is 11.7 Å². The van der Waals surface area contributed by atoms with Gasteiger partial charge in [-0.05, 0) is 56.3 Å². The van der Waals surface area contributed by atoms with Crippen LogP contribution in [0.1, 0.15) is 50.2 Å². The van der Waals surface area contributed by atoms with Crippen LogP contribution in [0.2, 0.25) is 0 Å². The fourth-order valence-electron chi connectivity index (χ4n) is 4.26. The summed E-state index contributed by atoms with van der Waals surface area (Å²) in [5, 5.41) is 10.1. The molecule has 0 amide bonds. The molecular formula is C24H29FN2. The third-order valence-electron chi connectivity index (χ3n) is 6.10. The van der Waals surface area contributed by atoms with Gasteiger partial charge in [0.2, 0.25) is 0 Å². The molecule has 2 aromatic rings. The van der Waals surface area contributed by atoms with Gasteiger partial charge in [0.05, 0.1) is 11.5 Å². The van der Waals surface area contributed by atoms with Gasteiger partial charge in [0.25, 0.3) is 0 Å². The number of nitriles is 1. The summed E-state index contributed by atoms with van der Waals surface area (Å²) in [5.74, 6) is 0.0474. The van der Waals surface area contributed by atoms with Crippen LogP contribution in [-0.4, -0.2) is 18.0 Å². The SMILES string of the molecule is CCN(CCCC(C#N)(c1ccccc1F)C1CCC1)Cc1ccccc1. The molecule has 1 aliphatic carbocycles. The van der Waals surface area contributed by atoms with Crippen LogP contribution in [0.3, 0.4) is 0 Å². The van der Waals surface area contributed by atoms with Crippen molar-refractivity contribution in [3.8, 4) is 6.07 Å². The van der Waals surface area contributed by atoms with Gasteiger partial charge in [-0.1, -0.05) is 61.9 Å². The zero-order chi connectivity index (χ0) is 19.1. The van der Waals surface area contributed by atoms with Crippen LogP contribution in [0.15, 0.2) is 54.6 Å². The third kappa shape index (κ3) is 4.39. The van der Waals surface area contributed by atoms with Gasteiger partial charge in [0.1, 0.15) is 5.82 Å². The van der Waals surface area contributed by atoms with Crippen LogP contribution >= 0.6 is 0 Å². The number of nitrogens with zero attached hydrogens (tertiary/aromatic N) is 2. The van der Waals surface area contributed by atoms with Crippen LogP contribution in [0, 0.1) is 23.1 Å². The Kier molecular flexibility index (Phi) is 6.63. The number of benzene rings is 2. The van der Waals surface area contributed by atoms with Gasteiger partial charge in [0.15, 0.2) is 0 Å². The molecule has 142 valence electrons. The van der Waals surface area contributed by atoms with Crippen molar-refractivity contribution in [2.75, 3.05) is 13.1 Å². The fraction of sp³-hybridized carbons (Fsp3) is 0.458. The maximum Gasteiger partial charge on any atom is 0.128 e. The highest BCUT2D eigenvalue weighted by molar-refractivity contribution is 5.35. The Labute approximate surface area is 162 Å². The average molecular weight is 365 g/mol. The van der Waals surface area contributed by atoms with Crippen molar-refractivity contribution >= 4 is 0 Å². The first-order valence-electron chi connectivity index (χ1n) is 10.1. The summed E-state index contributed by atoms with van der Waals surface area (Å²) < 4.78 is 14.6. The van der Waals surface area contributed by atoms with Crippen molar-refractivity contribution in [2.24, 2.45) is 5.92 Å². The fourth-order valence-corrected chi connectivity index (χ4v) is 4.26. The van der Waals surface area contributed by atoms with Crippen molar-refractivity contribution in [3.05, 3.63) is 71.5 Å². The summed E-state index contributed by atoms with van der Waals surface area (Å²) in [5.41, 5.74) is 1.22. The molecule has 0 saturated heterocycles.